The van der Waals surface area contributed by atoms with Gasteiger partial charge in [-0.05, 0) is 23.3 Å². The van der Waals surface area contributed by atoms with E-state index in [9.17, 15) is 4.79 Å². The molecule has 3 rings (SSSR count). The number of carbonyl (C=O) groups excluding carboxylic acids is 1. The summed E-state index contributed by atoms with van der Waals surface area (Å²) in [6.45, 7) is 2.71. The summed E-state index contributed by atoms with van der Waals surface area (Å²) >= 11 is 0. The first kappa shape index (κ1) is 20.5. The monoisotopic (exact) mass is 385 g/mol. The third kappa shape index (κ3) is 5.56. The van der Waals surface area contributed by atoms with Crippen molar-refractivity contribution in [2.45, 2.75) is 19.9 Å². The number of aliphatic imine (C=N–C) groups is 1. The lowest BCUT2D eigenvalue weighted by molar-refractivity contribution is -0.121. The zero-order valence-electron chi connectivity index (χ0n) is 15.4. The van der Waals surface area contributed by atoms with Crippen LogP contribution >= 0.6 is 12.4 Å². The lowest BCUT2D eigenvalue weighted by Crippen LogP contribution is -2.32. The van der Waals surface area contributed by atoms with Crippen LogP contribution in [0.15, 0.2) is 64.7 Å². The average Bonchev–Trinajstić information content (AvgIpc) is 2.67. The molecule has 0 radical (unpaired) electrons. The highest BCUT2D eigenvalue weighted by molar-refractivity contribution is 6.06. The summed E-state index contributed by atoms with van der Waals surface area (Å²) in [6.07, 6.45) is 0.467. The van der Waals surface area contributed by atoms with Gasteiger partial charge in [0, 0.05) is 31.6 Å². The molecule has 27 heavy (non-hydrogen) atoms. The number of hydrazone groups is 1. The van der Waals surface area contributed by atoms with Gasteiger partial charge in [-0.2, -0.15) is 5.10 Å². The van der Waals surface area contributed by atoms with Crippen molar-refractivity contribution in [3.8, 4) is 0 Å². The summed E-state index contributed by atoms with van der Waals surface area (Å²) in [5.74, 6) is 0.785. The molecule has 1 aliphatic rings. The van der Waals surface area contributed by atoms with Crippen molar-refractivity contribution in [1.29, 1.82) is 0 Å². The van der Waals surface area contributed by atoms with Crippen LogP contribution in [0.3, 0.4) is 0 Å². The molecular formula is C20H24ClN5O. The van der Waals surface area contributed by atoms with E-state index in [1.807, 2.05) is 49.4 Å². The van der Waals surface area contributed by atoms with Crippen molar-refractivity contribution in [3.05, 3.63) is 65.7 Å². The fourth-order valence-corrected chi connectivity index (χ4v) is 2.82. The zero-order valence-corrected chi connectivity index (χ0v) is 16.2. The van der Waals surface area contributed by atoms with E-state index in [4.69, 9.17) is 0 Å². The van der Waals surface area contributed by atoms with Crippen molar-refractivity contribution in [1.82, 2.24) is 10.7 Å². The molecule has 1 heterocycles. The van der Waals surface area contributed by atoms with Crippen molar-refractivity contribution >= 4 is 35.7 Å². The Morgan fingerprint density at radius 2 is 1.89 bits per heavy atom. The van der Waals surface area contributed by atoms with Crippen molar-refractivity contribution < 1.29 is 4.79 Å². The topological polar surface area (TPSA) is 77.9 Å². The van der Waals surface area contributed by atoms with Crippen LogP contribution in [-0.2, 0) is 11.3 Å². The second kappa shape index (κ2) is 9.73. The Kier molecular flexibility index (Phi) is 7.37. The molecule has 0 spiro atoms. The zero-order chi connectivity index (χ0) is 18.4. The molecule has 2 aromatic rings. The summed E-state index contributed by atoms with van der Waals surface area (Å²) in [6, 6.07) is 18.1. The van der Waals surface area contributed by atoms with Gasteiger partial charge in [-0.3, -0.25) is 9.79 Å². The number of halogens is 1. The first-order valence-electron chi connectivity index (χ1n) is 8.64. The maximum absolute atomic E-state index is 11.4. The third-order valence-electron chi connectivity index (χ3n) is 4.23. The van der Waals surface area contributed by atoms with E-state index in [2.05, 4.69) is 38.3 Å². The Morgan fingerprint density at radius 1 is 1.19 bits per heavy atom. The molecule has 7 heteroatoms. The van der Waals surface area contributed by atoms with Gasteiger partial charge in [0.25, 0.3) is 0 Å². The third-order valence-corrected chi connectivity index (χ3v) is 4.23. The van der Waals surface area contributed by atoms with Gasteiger partial charge in [-0.15, -0.1) is 12.4 Å². The summed E-state index contributed by atoms with van der Waals surface area (Å²) in [5.41, 5.74) is 6.59. The van der Waals surface area contributed by atoms with Gasteiger partial charge in [0.05, 0.1) is 5.71 Å². The maximum atomic E-state index is 11.4. The normalized spacial score (nSPS) is 16.7. The molecule has 1 amide bonds. The van der Waals surface area contributed by atoms with Crippen LogP contribution in [0, 0.1) is 5.92 Å². The van der Waals surface area contributed by atoms with E-state index in [1.165, 1.54) is 5.56 Å². The second-order valence-electron chi connectivity index (χ2n) is 6.25. The minimum Gasteiger partial charge on any atom is -0.352 e. The van der Waals surface area contributed by atoms with E-state index in [0.717, 1.165) is 17.0 Å². The predicted octanol–water partition coefficient (Wildman–Crippen LogP) is 3.16. The Balaban J connectivity index is 0.00000261. The number of rotatable bonds is 4. The van der Waals surface area contributed by atoms with Gasteiger partial charge in [-0.25, -0.2) is 5.43 Å². The summed E-state index contributed by atoms with van der Waals surface area (Å²) in [4.78, 5) is 15.6. The Hall–Kier alpha value is -2.86. The van der Waals surface area contributed by atoms with Crippen LogP contribution < -0.4 is 16.1 Å². The molecule has 1 aliphatic heterocycles. The van der Waals surface area contributed by atoms with Gasteiger partial charge in [0.15, 0.2) is 5.96 Å². The van der Waals surface area contributed by atoms with E-state index >= 15 is 0 Å². The van der Waals surface area contributed by atoms with E-state index < -0.39 is 0 Å². The summed E-state index contributed by atoms with van der Waals surface area (Å²) in [7, 11) is 1.75. The fraction of sp³-hybridized carbons (Fsp3) is 0.250. The number of hydrogen-bond acceptors (Lipinski definition) is 3. The van der Waals surface area contributed by atoms with Crippen LogP contribution in [0.5, 0.6) is 0 Å². The van der Waals surface area contributed by atoms with Crippen molar-refractivity contribution in [3.63, 3.8) is 0 Å². The number of nitrogens with one attached hydrogen (secondary N) is 3. The molecule has 2 aromatic carbocycles. The number of hydrogen-bond donors (Lipinski definition) is 3. The van der Waals surface area contributed by atoms with Crippen LogP contribution in [0.4, 0.5) is 5.69 Å². The molecule has 0 bridgehead atoms. The Morgan fingerprint density at radius 3 is 2.52 bits per heavy atom. The van der Waals surface area contributed by atoms with Crippen molar-refractivity contribution in [2.75, 3.05) is 12.4 Å². The smallest absolute Gasteiger partial charge is 0.240 e. The minimum absolute atomic E-state index is 0. The number of benzene rings is 2. The molecule has 0 saturated heterocycles. The maximum Gasteiger partial charge on any atom is 0.240 e. The number of nitrogens with zero attached hydrogens (tertiary/aromatic N) is 2. The number of amides is 1. The second-order valence-corrected chi connectivity index (χ2v) is 6.25. The first-order valence-corrected chi connectivity index (χ1v) is 8.64. The van der Waals surface area contributed by atoms with E-state index in [0.29, 0.717) is 18.9 Å². The Bertz CT molecular complexity index is 818. The predicted molar refractivity (Wildman–Crippen MR) is 112 cm³/mol. The SMILES string of the molecule is CN=C(NCc1ccccc1)Nc1ccc(C2=NNC(=O)CC2C)cc1.Cl. The molecule has 6 nitrogen and oxygen atoms in total. The highest BCUT2D eigenvalue weighted by atomic mass is 35.5. The highest BCUT2D eigenvalue weighted by Gasteiger charge is 2.21. The fourth-order valence-electron chi connectivity index (χ4n) is 2.82. The molecule has 1 atom stereocenters. The molecular weight excluding hydrogens is 362 g/mol. The highest BCUT2D eigenvalue weighted by Crippen LogP contribution is 2.18. The minimum atomic E-state index is -0.0344. The lowest BCUT2D eigenvalue weighted by atomic mass is 9.94. The molecule has 3 N–H and O–H groups in total. The van der Waals surface area contributed by atoms with E-state index in [1.54, 1.807) is 7.05 Å². The van der Waals surface area contributed by atoms with Crippen LogP contribution in [0.25, 0.3) is 0 Å². The van der Waals surface area contributed by atoms with Gasteiger partial charge in [0.1, 0.15) is 0 Å². The largest absolute Gasteiger partial charge is 0.352 e. The number of carbonyl (C=O) groups is 1. The van der Waals surface area contributed by atoms with Gasteiger partial charge in [-0.1, -0.05) is 49.4 Å². The van der Waals surface area contributed by atoms with Crippen molar-refractivity contribution in [2.24, 2.45) is 16.0 Å². The van der Waals surface area contributed by atoms with E-state index in [-0.39, 0.29) is 24.2 Å². The summed E-state index contributed by atoms with van der Waals surface area (Å²) in [5, 5.41) is 10.8. The molecule has 1 unspecified atom stereocenters. The standard InChI is InChI=1S/C20H23N5O.ClH/c1-14-12-18(26)24-25-19(14)16-8-10-17(11-9-16)23-20(21-2)22-13-15-6-4-3-5-7-15;/h3-11,14H,12-13H2,1-2H3,(H,24,26)(H2,21,22,23);1H. The van der Waals surface area contributed by atoms with Gasteiger partial charge in [0.2, 0.25) is 5.91 Å². The molecule has 0 fully saturated rings. The van der Waals surface area contributed by atoms with Crippen LogP contribution in [0.2, 0.25) is 0 Å². The van der Waals surface area contributed by atoms with Gasteiger partial charge < -0.3 is 10.6 Å². The van der Waals surface area contributed by atoms with Gasteiger partial charge >= 0.3 is 0 Å². The average molecular weight is 386 g/mol. The first-order chi connectivity index (χ1) is 12.7. The quantitative estimate of drug-likeness (QED) is 0.558. The van der Waals surface area contributed by atoms with Crippen LogP contribution in [0.1, 0.15) is 24.5 Å². The molecule has 0 saturated carbocycles. The molecule has 0 aromatic heterocycles. The number of anilines is 1. The van der Waals surface area contributed by atoms with Crippen LogP contribution in [-0.4, -0.2) is 24.6 Å². The Labute approximate surface area is 165 Å². The summed E-state index contributed by atoms with van der Waals surface area (Å²) < 4.78 is 0. The number of guanidine groups is 1. The lowest BCUT2D eigenvalue weighted by Gasteiger charge is -2.19. The molecule has 0 aliphatic carbocycles. The molecule has 142 valence electrons.